The van der Waals surface area contributed by atoms with Crippen LogP contribution in [-0.4, -0.2) is 30.9 Å². The van der Waals surface area contributed by atoms with Crippen LogP contribution < -0.4 is 4.72 Å². The number of unbranched alkanes of at least 4 members (excludes halogenated alkanes) is 1. The number of rotatable bonds is 7. The van der Waals surface area contributed by atoms with Gasteiger partial charge in [0.05, 0.1) is 11.3 Å². The van der Waals surface area contributed by atoms with E-state index in [1.54, 1.807) is 6.20 Å². The van der Waals surface area contributed by atoms with Crippen LogP contribution in [0, 0.1) is 0 Å². The molecule has 0 aliphatic heterocycles. The third kappa shape index (κ3) is 4.00. The topological polar surface area (TPSA) is 79.3 Å². The summed E-state index contributed by atoms with van der Waals surface area (Å²) in [6.45, 7) is 0.249. The molecule has 0 spiro atoms. The number of pyridine rings is 1. The Morgan fingerprint density at radius 3 is 2.75 bits per heavy atom. The summed E-state index contributed by atoms with van der Waals surface area (Å²) < 4.78 is 26.2. The summed E-state index contributed by atoms with van der Waals surface area (Å²) in [5, 5.41) is 9.66. The second-order valence-corrected chi connectivity index (χ2v) is 6.49. The van der Waals surface area contributed by atoms with E-state index in [1.807, 2.05) is 30.3 Å². The van der Waals surface area contributed by atoms with Crippen molar-refractivity contribution < 1.29 is 13.5 Å². The molecule has 0 aliphatic rings. The first-order valence-corrected chi connectivity index (χ1v) is 8.18. The number of aliphatic hydroxyl groups is 1. The molecule has 2 N–H and O–H groups in total. The number of hydrogen-bond acceptors (Lipinski definition) is 4. The summed E-state index contributed by atoms with van der Waals surface area (Å²) in [4.78, 5) is 4.29. The van der Waals surface area contributed by atoms with Gasteiger partial charge in [0.1, 0.15) is 0 Å². The second-order valence-electron chi connectivity index (χ2n) is 4.56. The Labute approximate surface area is 118 Å². The SMILES string of the molecule is O=S(=O)(CCCCO)NCc1cccc2cccnc12. The molecule has 1 aromatic heterocycles. The Bertz CT molecular complexity index is 666. The van der Waals surface area contributed by atoms with E-state index in [-0.39, 0.29) is 18.9 Å². The van der Waals surface area contributed by atoms with Gasteiger partial charge in [0, 0.05) is 24.7 Å². The Balaban J connectivity index is 2.06. The highest BCUT2D eigenvalue weighted by molar-refractivity contribution is 7.89. The molecular weight excluding hydrogens is 276 g/mol. The average molecular weight is 294 g/mol. The van der Waals surface area contributed by atoms with Crippen molar-refractivity contribution in [2.24, 2.45) is 0 Å². The Morgan fingerprint density at radius 1 is 1.15 bits per heavy atom. The molecule has 1 aromatic carbocycles. The monoisotopic (exact) mass is 294 g/mol. The van der Waals surface area contributed by atoms with E-state index in [0.717, 1.165) is 16.5 Å². The van der Waals surface area contributed by atoms with Gasteiger partial charge in [0.25, 0.3) is 0 Å². The van der Waals surface area contributed by atoms with Gasteiger partial charge in [-0.2, -0.15) is 0 Å². The number of sulfonamides is 1. The van der Waals surface area contributed by atoms with E-state index in [4.69, 9.17) is 5.11 Å². The molecule has 0 aliphatic carbocycles. The highest BCUT2D eigenvalue weighted by Gasteiger charge is 2.10. The van der Waals surface area contributed by atoms with Crippen molar-refractivity contribution in [1.29, 1.82) is 0 Å². The quantitative estimate of drug-likeness (QED) is 0.757. The zero-order chi connectivity index (χ0) is 14.4. The predicted octanol–water partition coefficient (Wildman–Crippen LogP) is 1.43. The molecule has 0 radical (unpaired) electrons. The fraction of sp³-hybridized carbons (Fsp3) is 0.357. The Hall–Kier alpha value is -1.50. The lowest BCUT2D eigenvalue weighted by Gasteiger charge is -2.08. The molecule has 0 atom stereocenters. The predicted molar refractivity (Wildman–Crippen MR) is 78.7 cm³/mol. The van der Waals surface area contributed by atoms with Gasteiger partial charge in [-0.15, -0.1) is 0 Å². The van der Waals surface area contributed by atoms with E-state index in [9.17, 15) is 8.42 Å². The van der Waals surface area contributed by atoms with E-state index in [2.05, 4.69) is 9.71 Å². The van der Waals surface area contributed by atoms with Crippen LogP contribution in [0.15, 0.2) is 36.5 Å². The highest BCUT2D eigenvalue weighted by atomic mass is 32.2. The molecule has 5 nitrogen and oxygen atoms in total. The van der Waals surface area contributed by atoms with Crippen molar-refractivity contribution in [2.75, 3.05) is 12.4 Å². The van der Waals surface area contributed by atoms with E-state index >= 15 is 0 Å². The van der Waals surface area contributed by atoms with Crippen molar-refractivity contribution >= 4 is 20.9 Å². The largest absolute Gasteiger partial charge is 0.396 e. The number of nitrogens with zero attached hydrogens (tertiary/aromatic N) is 1. The molecule has 2 rings (SSSR count). The molecule has 20 heavy (non-hydrogen) atoms. The maximum absolute atomic E-state index is 11.8. The van der Waals surface area contributed by atoms with Crippen molar-refractivity contribution in [1.82, 2.24) is 9.71 Å². The Morgan fingerprint density at radius 2 is 1.95 bits per heavy atom. The first-order valence-electron chi connectivity index (χ1n) is 6.53. The van der Waals surface area contributed by atoms with Crippen LogP contribution in [0.2, 0.25) is 0 Å². The van der Waals surface area contributed by atoms with Crippen molar-refractivity contribution in [3.63, 3.8) is 0 Å². The van der Waals surface area contributed by atoms with E-state index in [1.165, 1.54) is 0 Å². The third-order valence-corrected chi connectivity index (χ3v) is 4.43. The minimum Gasteiger partial charge on any atom is -0.396 e. The van der Waals surface area contributed by atoms with Gasteiger partial charge in [0.15, 0.2) is 0 Å². The van der Waals surface area contributed by atoms with Gasteiger partial charge < -0.3 is 5.11 Å². The first-order chi connectivity index (χ1) is 9.62. The zero-order valence-corrected chi connectivity index (χ0v) is 11.9. The molecule has 0 unspecified atom stereocenters. The van der Waals surface area contributed by atoms with Gasteiger partial charge in [-0.05, 0) is 24.5 Å². The van der Waals surface area contributed by atoms with E-state index < -0.39 is 10.0 Å². The first kappa shape index (κ1) is 14.9. The van der Waals surface area contributed by atoms with Gasteiger partial charge in [-0.25, -0.2) is 13.1 Å². The lowest BCUT2D eigenvalue weighted by molar-refractivity contribution is 0.287. The number of hydrogen-bond donors (Lipinski definition) is 2. The second kappa shape index (κ2) is 6.78. The summed E-state index contributed by atoms with van der Waals surface area (Å²) in [5.41, 5.74) is 1.67. The van der Waals surface area contributed by atoms with Crippen molar-refractivity contribution in [3.8, 4) is 0 Å². The minimum atomic E-state index is -3.31. The maximum atomic E-state index is 11.8. The summed E-state index contributed by atoms with van der Waals surface area (Å²) >= 11 is 0. The lowest BCUT2D eigenvalue weighted by Crippen LogP contribution is -2.26. The maximum Gasteiger partial charge on any atom is 0.211 e. The van der Waals surface area contributed by atoms with Gasteiger partial charge in [-0.3, -0.25) is 4.98 Å². The van der Waals surface area contributed by atoms with Crippen LogP contribution in [-0.2, 0) is 16.6 Å². The molecule has 0 amide bonds. The summed E-state index contributed by atoms with van der Waals surface area (Å²) in [5.74, 6) is 0.0335. The molecular formula is C14H18N2O3S. The standard InChI is InChI=1S/C14H18N2O3S/c17-9-1-2-10-20(18,19)16-11-13-6-3-5-12-7-4-8-15-14(12)13/h3-8,16-17H,1-2,9-11H2. The number of aromatic nitrogens is 1. The molecule has 108 valence electrons. The molecule has 0 saturated heterocycles. The summed E-state index contributed by atoms with van der Waals surface area (Å²) in [7, 11) is -3.31. The normalized spacial score (nSPS) is 11.8. The lowest BCUT2D eigenvalue weighted by atomic mass is 10.1. The van der Waals surface area contributed by atoms with E-state index in [0.29, 0.717) is 12.8 Å². The van der Waals surface area contributed by atoms with Crippen LogP contribution in [0.5, 0.6) is 0 Å². The Kier molecular flexibility index (Phi) is 5.05. The molecule has 0 saturated carbocycles. The highest BCUT2D eigenvalue weighted by Crippen LogP contribution is 2.15. The number of fused-ring (bicyclic) bond motifs is 1. The fourth-order valence-electron chi connectivity index (χ4n) is 1.97. The summed E-state index contributed by atoms with van der Waals surface area (Å²) in [6, 6.07) is 9.50. The van der Waals surface area contributed by atoms with Gasteiger partial charge >= 0.3 is 0 Å². The third-order valence-electron chi connectivity index (χ3n) is 3.02. The molecule has 2 aromatic rings. The zero-order valence-electron chi connectivity index (χ0n) is 11.1. The van der Waals surface area contributed by atoms with Crippen LogP contribution >= 0.6 is 0 Å². The number of para-hydroxylation sites is 1. The van der Waals surface area contributed by atoms with Crippen LogP contribution in [0.4, 0.5) is 0 Å². The van der Waals surface area contributed by atoms with Gasteiger partial charge in [0.2, 0.25) is 10.0 Å². The smallest absolute Gasteiger partial charge is 0.211 e. The number of nitrogens with one attached hydrogen (secondary N) is 1. The number of benzene rings is 1. The van der Waals surface area contributed by atoms with Crippen LogP contribution in [0.25, 0.3) is 10.9 Å². The van der Waals surface area contributed by atoms with Gasteiger partial charge in [-0.1, -0.05) is 24.3 Å². The fourth-order valence-corrected chi connectivity index (χ4v) is 3.08. The van der Waals surface area contributed by atoms with Crippen molar-refractivity contribution in [3.05, 3.63) is 42.1 Å². The number of aliphatic hydroxyl groups excluding tert-OH is 1. The average Bonchev–Trinajstić information content (AvgIpc) is 2.45. The minimum absolute atomic E-state index is 0.0166. The molecule has 0 fully saturated rings. The van der Waals surface area contributed by atoms with Crippen LogP contribution in [0.3, 0.4) is 0 Å². The molecule has 0 bridgehead atoms. The van der Waals surface area contributed by atoms with Crippen molar-refractivity contribution in [2.45, 2.75) is 19.4 Å². The van der Waals surface area contributed by atoms with Crippen LogP contribution in [0.1, 0.15) is 18.4 Å². The molecule has 1 heterocycles. The summed E-state index contributed by atoms with van der Waals surface area (Å²) in [6.07, 6.45) is 2.65. The molecule has 6 heteroatoms.